The topological polar surface area (TPSA) is 66.4 Å². The lowest BCUT2D eigenvalue weighted by atomic mass is 10.2. The van der Waals surface area contributed by atoms with E-state index in [1.165, 1.54) is 0 Å². The number of benzene rings is 1. The Morgan fingerprint density at radius 1 is 1.26 bits per heavy atom. The maximum Gasteiger partial charge on any atom is 0.250 e. The van der Waals surface area contributed by atoms with Crippen molar-refractivity contribution in [3.63, 3.8) is 0 Å². The van der Waals surface area contributed by atoms with E-state index in [4.69, 9.17) is 5.11 Å². The van der Waals surface area contributed by atoms with Gasteiger partial charge in [0, 0.05) is 11.4 Å². The van der Waals surface area contributed by atoms with Crippen LogP contribution in [0, 0.1) is 6.92 Å². The number of aryl methyl sites for hydroxylation is 1. The Labute approximate surface area is 116 Å². The van der Waals surface area contributed by atoms with E-state index in [1.807, 2.05) is 30.3 Å². The van der Waals surface area contributed by atoms with E-state index in [-0.39, 0.29) is 17.4 Å². The maximum absolute atomic E-state index is 12.1. The van der Waals surface area contributed by atoms with Gasteiger partial charge in [-0.15, -0.1) is 11.3 Å². The summed E-state index contributed by atoms with van der Waals surface area (Å²) in [4.78, 5) is 0.681. The van der Waals surface area contributed by atoms with Crippen LogP contribution >= 0.6 is 11.3 Å². The van der Waals surface area contributed by atoms with Crippen LogP contribution in [0.4, 0.5) is 0 Å². The van der Waals surface area contributed by atoms with Gasteiger partial charge in [0.15, 0.2) is 0 Å². The van der Waals surface area contributed by atoms with E-state index < -0.39 is 10.0 Å². The Morgan fingerprint density at radius 3 is 2.53 bits per heavy atom. The van der Waals surface area contributed by atoms with Crippen LogP contribution in [0.1, 0.15) is 16.0 Å². The van der Waals surface area contributed by atoms with Gasteiger partial charge in [-0.2, -0.15) is 0 Å². The number of sulfonamides is 1. The molecule has 0 saturated carbocycles. The van der Waals surface area contributed by atoms with Crippen LogP contribution in [-0.2, 0) is 23.2 Å². The van der Waals surface area contributed by atoms with Gasteiger partial charge in [0.25, 0.3) is 0 Å². The van der Waals surface area contributed by atoms with Crippen LogP contribution in [0.5, 0.6) is 0 Å². The summed E-state index contributed by atoms with van der Waals surface area (Å²) >= 11 is 1.10. The van der Waals surface area contributed by atoms with Crippen LogP contribution in [-0.4, -0.2) is 13.5 Å². The van der Waals surface area contributed by atoms with Gasteiger partial charge in [-0.1, -0.05) is 30.3 Å². The molecule has 1 heterocycles. The SMILES string of the molecule is Cc1cc(S(=O)(=O)NCc2ccccc2)sc1CO. The lowest BCUT2D eigenvalue weighted by molar-refractivity contribution is 0.285. The van der Waals surface area contributed by atoms with Crippen molar-refractivity contribution >= 4 is 21.4 Å². The third kappa shape index (κ3) is 3.42. The number of aliphatic hydroxyl groups is 1. The molecule has 0 fully saturated rings. The first-order valence-corrected chi connectivity index (χ1v) is 8.06. The Balaban J connectivity index is 2.14. The molecule has 1 aromatic carbocycles. The first kappa shape index (κ1) is 14.2. The summed E-state index contributed by atoms with van der Waals surface area (Å²) in [6, 6.07) is 10.9. The van der Waals surface area contributed by atoms with Crippen molar-refractivity contribution in [2.75, 3.05) is 0 Å². The van der Waals surface area contributed by atoms with Gasteiger partial charge in [0.05, 0.1) is 6.61 Å². The minimum absolute atomic E-state index is 0.134. The lowest BCUT2D eigenvalue weighted by Gasteiger charge is -2.04. The quantitative estimate of drug-likeness (QED) is 0.887. The molecule has 0 atom stereocenters. The molecule has 0 bridgehead atoms. The monoisotopic (exact) mass is 297 g/mol. The summed E-state index contributed by atoms with van der Waals surface area (Å²) in [5.74, 6) is 0. The van der Waals surface area contributed by atoms with Crippen LogP contribution in [0.2, 0.25) is 0 Å². The second-order valence-corrected chi connectivity index (χ2v) is 7.27. The van der Waals surface area contributed by atoms with E-state index in [2.05, 4.69) is 4.72 Å². The largest absolute Gasteiger partial charge is 0.391 e. The summed E-state index contributed by atoms with van der Waals surface area (Å²) in [6.45, 7) is 1.91. The smallest absolute Gasteiger partial charge is 0.250 e. The molecule has 0 amide bonds. The van der Waals surface area contributed by atoms with Gasteiger partial charge >= 0.3 is 0 Å². The van der Waals surface area contributed by atoms with Crippen LogP contribution < -0.4 is 4.72 Å². The molecular formula is C13H15NO3S2. The first-order valence-electron chi connectivity index (χ1n) is 5.76. The second kappa shape index (κ2) is 5.83. The minimum Gasteiger partial charge on any atom is -0.391 e. The van der Waals surface area contributed by atoms with Crippen molar-refractivity contribution in [3.8, 4) is 0 Å². The summed E-state index contributed by atoms with van der Waals surface area (Å²) in [5.41, 5.74) is 1.70. The Morgan fingerprint density at radius 2 is 1.95 bits per heavy atom. The predicted octanol–water partition coefficient (Wildman–Crippen LogP) is 2.03. The van der Waals surface area contributed by atoms with E-state index in [1.54, 1.807) is 13.0 Å². The van der Waals surface area contributed by atoms with Crippen molar-refractivity contribution in [3.05, 3.63) is 52.4 Å². The zero-order valence-electron chi connectivity index (χ0n) is 10.5. The van der Waals surface area contributed by atoms with Crippen LogP contribution in [0.25, 0.3) is 0 Å². The molecule has 19 heavy (non-hydrogen) atoms. The minimum atomic E-state index is -3.51. The summed E-state index contributed by atoms with van der Waals surface area (Å²) in [5, 5.41) is 9.10. The highest BCUT2D eigenvalue weighted by Gasteiger charge is 2.18. The molecule has 6 heteroatoms. The number of aliphatic hydroxyl groups excluding tert-OH is 1. The standard InChI is InChI=1S/C13H15NO3S2/c1-10-7-13(18-12(10)9-15)19(16,17)14-8-11-5-3-2-4-6-11/h2-7,14-15H,8-9H2,1H3. The molecule has 102 valence electrons. The first-order chi connectivity index (χ1) is 9.03. The van der Waals surface area contributed by atoms with Crippen LogP contribution in [0.15, 0.2) is 40.6 Å². The Bertz CT molecular complexity index is 648. The molecule has 0 radical (unpaired) electrons. The zero-order valence-corrected chi connectivity index (χ0v) is 12.1. The molecule has 0 unspecified atom stereocenters. The van der Waals surface area contributed by atoms with E-state index >= 15 is 0 Å². The zero-order chi connectivity index (χ0) is 13.9. The number of thiophene rings is 1. The van der Waals surface area contributed by atoms with Gasteiger partial charge in [0.1, 0.15) is 4.21 Å². The number of rotatable bonds is 5. The van der Waals surface area contributed by atoms with E-state index in [0.717, 1.165) is 22.5 Å². The van der Waals surface area contributed by atoms with E-state index in [9.17, 15) is 8.42 Å². The third-order valence-corrected chi connectivity index (χ3v) is 5.81. The summed E-state index contributed by atoms with van der Waals surface area (Å²) in [6.07, 6.45) is 0. The van der Waals surface area contributed by atoms with Gasteiger partial charge in [-0.25, -0.2) is 13.1 Å². The molecular weight excluding hydrogens is 282 g/mol. The number of hydrogen-bond donors (Lipinski definition) is 2. The molecule has 0 aliphatic rings. The molecule has 1 aromatic heterocycles. The Kier molecular flexibility index (Phi) is 4.36. The fourth-order valence-corrected chi connectivity index (χ4v) is 4.13. The fraction of sp³-hybridized carbons (Fsp3) is 0.231. The van der Waals surface area contributed by atoms with Crippen molar-refractivity contribution in [1.29, 1.82) is 0 Å². The Hall–Kier alpha value is -1.21. The molecule has 0 spiro atoms. The van der Waals surface area contributed by atoms with Gasteiger partial charge in [-0.05, 0) is 24.1 Å². The van der Waals surface area contributed by atoms with Gasteiger partial charge in [-0.3, -0.25) is 0 Å². The fourth-order valence-electron chi connectivity index (χ4n) is 1.62. The van der Waals surface area contributed by atoms with E-state index in [0.29, 0.717) is 4.88 Å². The highest BCUT2D eigenvalue weighted by Crippen LogP contribution is 2.25. The molecule has 2 aromatic rings. The second-order valence-electron chi connectivity index (χ2n) is 4.14. The average Bonchev–Trinajstić information content (AvgIpc) is 2.80. The summed E-state index contributed by atoms with van der Waals surface area (Å²) in [7, 11) is -3.51. The number of hydrogen-bond acceptors (Lipinski definition) is 4. The highest BCUT2D eigenvalue weighted by atomic mass is 32.2. The van der Waals surface area contributed by atoms with Gasteiger partial charge in [0.2, 0.25) is 10.0 Å². The van der Waals surface area contributed by atoms with Crippen LogP contribution in [0.3, 0.4) is 0 Å². The normalized spacial score (nSPS) is 11.7. The lowest BCUT2D eigenvalue weighted by Crippen LogP contribution is -2.22. The number of nitrogens with one attached hydrogen (secondary N) is 1. The maximum atomic E-state index is 12.1. The van der Waals surface area contributed by atoms with Crippen molar-refractivity contribution in [2.24, 2.45) is 0 Å². The van der Waals surface area contributed by atoms with Crippen molar-refractivity contribution in [2.45, 2.75) is 24.3 Å². The molecule has 0 aliphatic carbocycles. The third-order valence-electron chi connectivity index (χ3n) is 2.72. The molecule has 0 saturated heterocycles. The summed E-state index contributed by atoms with van der Waals surface area (Å²) < 4.78 is 27.0. The predicted molar refractivity (Wildman–Crippen MR) is 75.4 cm³/mol. The average molecular weight is 297 g/mol. The van der Waals surface area contributed by atoms with Gasteiger partial charge < -0.3 is 5.11 Å². The molecule has 2 N–H and O–H groups in total. The van der Waals surface area contributed by atoms with Crippen molar-refractivity contribution < 1.29 is 13.5 Å². The molecule has 4 nitrogen and oxygen atoms in total. The highest BCUT2D eigenvalue weighted by molar-refractivity contribution is 7.91. The van der Waals surface area contributed by atoms with Crippen molar-refractivity contribution in [1.82, 2.24) is 4.72 Å². The molecule has 2 rings (SSSR count). The molecule has 0 aliphatic heterocycles.